The molecule has 2 atom stereocenters. The Morgan fingerprint density at radius 2 is 2.00 bits per heavy atom. The SMILES string of the molecule is Fc1cccc(NC2CCCC(C3CC3)C2)n1. The Kier molecular flexibility index (Phi) is 3.00. The minimum atomic E-state index is -0.399. The molecule has 0 amide bonds. The van der Waals surface area contributed by atoms with E-state index in [1.807, 2.05) is 6.07 Å². The first-order chi connectivity index (χ1) is 8.31. The van der Waals surface area contributed by atoms with Crippen LogP contribution in [0.5, 0.6) is 0 Å². The van der Waals surface area contributed by atoms with Crippen molar-refractivity contribution in [3.63, 3.8) is 0 Å². The van der Waals surface area contributed by atoms with E-state index >= 15 is 0 Å². The highest BCUT2D eigenvalue weighted by Gasteiger charge is 2.34. The van der Waals surface area contributed by atoms with Gasteiger partial charge in [-0.2, -0.15) is 4.39 Å². The summed E-state index contributed by atoms with van der Waals surface area (Å²) in [4.78, 5) is 3.88. The number of nitrogens with one attached hydrogen (secondary N) is 1. The number of hydrogen-bond donors (Lipinski definition) is 1. The van der Waals surface area contributed by atoms with E-state index in [1.54, 1.807) is 6.07 Å². The highest BCUT2D eigenvalue weighted by Crippen LogP contribution is 2.44. The third-order valence-electron chi connectivity index (χ3n) is 4.07. The summed E-state index contributed by atoms with van der Waals surface area (Å²) < 4.78 is 13.0. The van der Waals surface area contributed by atoms with Gasteiger partial charge in [0, 0.05) is 6.04 Å². The van der Waals surface area contributed by atoms with Crippen molar-refractivity contribution in [2.75, 3.05) is 5.32 Å². The van der Waals surface area contributed by atoms with Gasteiger partial charge in [0.05, 0.1) is 0 Å². The van der Waals surface area contributed by atoms with Gasteiger partial charge in [-0.3, -0.25) is 0 Å². The van der Waals surface area contributed by atoms with Crippen molar-refractivity contribution in [2.45, 2.75) is 44.6 Å². The van der Waals surface area contributed by atoms with Crippen LogP contribution in [0.25, 0.3) is 0 Å². The summed E-state index contributed by atoms with van der Waals surface area (Å²) in [6.45, 7) is 0. The van der Waals surface area contributed by atoms with Crippen LogP contribution < -0.4 is 5.32 Å². The summed E-state index contributed by atoms with van der Waals surface area (Å²) in [7, 11) is 0. The van der Waals surface area contributed by atoms with Gasteiger partial charge in [-0.25, -0.2) is 4.98 Å². The van der Waals surface area contributed by atoms with Crippen LogP contribution in [-0.2, 0) is 0 Å². The molecule has 2 aliphatic rings. The van der Waals surface area contributed by atoms with E-state index < -0.39 is 5.95 Å². The van der Waals surface area contributed by atoms with Crippen LogP contribution in [0.15, 0.2) is 18.2 Å². The lowest BCUT2D eigenvalue weighted by Gasteiger charge is -2.30. The zero-order valence-corrected chi connectivity index (χ0v) is 10.0. The molecule has 3 heteroatoms. The maximum absolute atomic E-state index is 13.0. The lowest BCUT2D eigenvalue weighted by molar-refractivity contribution is 0.302. The Bertz CT molecular complexity index is 390. The minimum absolute atomic E-state index is 0.399. The predicted molar refractivity (Wildman–Crippen MR) is 66.3 cm³/mol. The maximum Gasteiger partial charge on any atom is 0.214 e. The van der Waals surface area contributed by atoms with Gasteiger partial charge in [-0.05, 0) is 49.7 Å². The third-order valence-corrected chi connectivity index (χ3v) is 4.07. The Balaban J connectivity index is 1.60. The van der Waals surface area contributed by atoms with Gasteiger partial charge in [0.1, 0.15) is 5.82 Å². The fraction of sp³-hybridized carbons (Fsp3) is 0.643. The summed E-state index contributed by atoms with van der Waals surface area (Å²) in [5.74, 6) is 2.17. The lowest BCUT2D eigenvalue weighted by Crippen LogP contribution is -2.28. The fourth-order valence-corrected chi connectivity index (χ4v) is 3.05. The number of pyridine rings is 1. The van der Waals surface area contributed by atoms with Crippen LogP contribution in [0.3, 0.4) is 0 Å². The van der Waals surface area contributed by atoms with Gasteiger partial charge in [0.2, 0.25) is 5.95 Å². The van der Waals surface area contributed by atoms with Crippen molar-refractivity contribution in [1.29, 1.82) is 0 Å². The highest BCUT2D eigenvalue weighted by atomic mass is 19.1. The first-order valence-corrected chi connectivity index (χ1v) is 6.70. The second-order valence-electron chi connectivity index (χ2n) is 5.45. The van der Waals surface area contributed by atoms with E-state index in [0.29, 0.717) is 11.9 Å². The van der Waals surface area contributed by atoms with E-state index in [9.17, 15) is 4.39 Å². The Morgan fingerprint density at radius 3 is 2.76 bits per heavy atom. The van der Waals surface area contributed by atoms with Gasteiger partial charge in [0.25, 0.3) is 0 Å². The Morgan fingerprint density at radius 1 is 1.12 bits per heavy atom. The summed E-state index contributed by atoms with van der Waals surface area (Å²) in [6, 6.07) is 5.44. The molecule has 1 aromatic heterocycles. The first kappa shape index (κ1) is 11.0. The second kappa shape index (κ2) is 4.63. The van der Waals surface area contributed by atoms with Crippen molar-refractivity contribution in [2.24, 2.45) is 11.8 Å². The Hall–Kier alpha value is -1.12. The highest BCUT2D eigenvalue weighted by molar-refractivity contribution is 5.34. The molecule has 0 spiro atoms. The van der Waals surface area contributed by atoms with E-state index in [1.165, 1.54) is 44.6 Å². The molecule has 2 aliphatic carbocycles. The molecule has 1 heterocycles. The fourth-order valence-electron chi connectivity index (χ4n) is 3.05. The molecular weight excluding hydrogens is 215 g/mol. The molecule has 0 radical (unpaired) electrons. The Labute approximate surface area is 102 Å². The molecule has 17 heavy (non-hydrogen) atoms. The molecule has 3 rings (SSSR count). The molecule has 0 aromatic carbocycles. The van der Waals surface area contributed by atoms with Crippen molar-refractivity contribution in [3.8, 4) is 0 Å². The zero-order chi connectivity index (χ0) is 11.7. The molecule has 0 saturated heterocycles. The number of halogens is 1. The van der Waals surface area contributed by atoms with Crippen LogP contribution in [0.4, 0.5) is 10.2 Å². The van der Waals surface area contributed by atoms with E-state index in [0.717, 1.165) is 11.8 Å². The molecule has 2 fully saturated rings. The topological polar surface area (TPSA) is 24.9 Å². The molecular formula is C14H19FN2. The van der Waals surface area contributed by atoms with Crippen LogP contribution in [0, 0.1) is 17.8 Å². The number of nitrogens with zero attached hydrogens (tertiary/aromatic N) is 1. The summed E-state index contributed by atoms with van der Waals surface area (Å²) >= 11 is 0. The maximum atomic E-state index is 13.0. The predicted octanol–water partition coefficient (Wildman–Crippen LogP) is 3.60. The molecule has 2 nitrogen and oxygen atoms in total. The number of aromatic nitrogens is 1. The monoisotopic (exact) mass is 234 g/mol. The first-order valence-electron chi connectivity index (χ1n) is 6.70. The molecule has 0 bridgehead atoms. The standard InChI is InChI=1S/C14H19FN2/c15-13-5-2-6-14(17-13)16-12-4-1-3-11(9-12)10-7-8-10/h2,5-6,10-12H,1,3-4,7-9H2,(H,16,17). The summed E-state index contributed by atoms with van der Waals surface area (Å²) in [5.41, 5.74) is 0. The summed E-state index contributed by atoms with van der Waals surface area (Å²) in [6.07, 6.45) is 7.98. The van der Waals surface area contributed by atoms with Gasteiger partial charge in [-0.15, -0.1) is 0 Å². The third kappa shape index (κ3) is 2.76. The average Bonchev–Trinajstić information content (AvgIpc) is 3.13. The second-order valence-corrected chi connectivity index (χ2v) is 5.45. The zero-order valence-electron chi connectivity index (χ0n) is 10.0. The van der Waals surface area contributed by atoms with Crippen molar-refractivity contribution < 1.29 is 4.39 Å². The van der Waals surface area contributed by atoms with E-state index in [-0.39, 0.29) is 0 Å². The van der Waals surface area contributed by atoms with E-state index in [2.05, 4.69) is 10.3 Å². The van der Waals surface area contributed by atoms with Gasteiger partial charge < -0.3 is 5.32 Å². The van der Waals surface area contributed by atoms with Crippen LogP contribution in [-0.4, -0.2) is 11.0 Å². The minimum Gasteiger partial charge on any atom is -0.367 e. The quantitative estimate of drug-likeness (QED) is 0.808. The molecule has 2 unspecified atom stereocenters. The number of hydrogen-bond acceptors (Lipinski definition) is 2. The normalized spacial score (nSPS) is 29.0. The average molecular weight is 234 g/mol. The molecule has 92 valence electrons. The molecule has 0 aliphatic heterocycles. The van der Waals surface area contributed by atoms with Gasteiger partial charge >= 0.3 is 0 Å². The number of anilines is 1. The van der Waals surface area contributed by atoms with E-state index in [4.69, 9.17) is 0 Å². The van der Waals surface area contributed by atoms with Gasteiger partial charge in [-0.1, -0.05) is 18.9 Å². The largest absolute Gasteiger partial charge is 0.367 e. The smallest absolute Gasteiger partial charge is 0.214 e. The van der Waals surface area contributed by atoms with Crippen molar-refractivity contribution >= 4 is 5.82 Å². The lowest BCUT2D eigenvalue weighted by atomic mass is 9.83. The van der Waals surface area contributed by atoms with Crippen LogP contribution >= 0.6 is 0 Å². The van der Waals surface area contributed by atoms with Crippen molar-refractivity contribution in [1.82, 2.24) is 4.98 Å². The van der Waals surface area contributed by atoms with Crippen molar-refractivity contribution in [3.05, 3.63) is 24.1 Å². The summed E-state index contributed by atoms with van der Waals surface area (Å²) in [5, 5.41) is 3.38. The van der Waals surface area contributed by atoms with Crippen LogP contribution in [0.1, 0.15) is 38.5 Å². The molecule has 1 N–H and O–H groups in total. The number of rotatable bonds is 3. The molecule has 1 aromatic rings. The molecule has 2 saturated carbocycles. The van der Waals surface area contributed by atoms with Gasteiger partial charge in [0.15, 0.2) is 0 Å². The van der Waals surface area contributed by atoms with Crippen LogP contribution in [0.2, 0.25) is 0 Å².